The van der Waals surface area contributed by atoms with E-state index in [0.29, 0.717) is 0 Å². The highest BCUT2D eigenvalue weighted by Gasteiger charge is 2.19. The van der Waals surface area contributed by atoms with Gasteiger partial charge in [-0.15, -0.1) is 0 Å². The van der Waals surface area contributed by atoms with Crippen molar-refractivity contribution in [2.45, 2.75) is 19.1 Å². The second kappa shape index (κ2) is 9.06. The minimum atomic E-state index is -4.21. The van der Waals surface area contributed by atoms with Gasteiger partial charge in [-0.05, 0) is 6.42 Å². The van der Waals surface area contributed by atoms with Gasteiger partial charge in [-0.3, -0.25) is 14.3 Å². The van der Waals surface area contributed by atoms with Crippen molar-refractivity contribution in [1.29, 1.82) is 0 Å². The van der Waals surface area contributed by atoms with Crippen molar-refractivity contribution < 1.29 is 33.7 Å². The molecule has 5 N–H and O–H groups in total. The molecule has 0 radical (unpaired) electrons. The predicted molar refractivity (Wildman–Crippen MR) is 89.7 cm³/mol. The maximum Gasteiger partial charge on any atom is 0.333 e. The molecule has 0 aliphatic carbocycles. The Hall–Kier alpha value is -2.31. The molecule has 0 bridgehead atoms. The Morgan fingerprint density at radius 2 is 2.22 bits per heavy atom. The summed E-state index contributed by atoms with van der Waals surface area (Å²) in [6, 6.07) is 0. The van der Waals surface area contributed by atoms with Crippen LogP contribution in [0.3, 0.4) is 0 Å². The number of carboxylic acid groups (broad SMARTS) is 1. The minimum absolute atomic E-state index is 0.0559. The number of hydrogen-bond acceptors (Lipinski definition) is 10. The molecule has 14 heteroatoms. The van der Waals surface area contributed by atoms with Crippen LogP contribution in [0.4, 0.5) is 5.95 Å². The number of aliphatic hydroxyl groups is 1. The number of carbonyl (C=O) groups is 1. The number of aliphatic hydroxyl groups excluding tert-OH is 1. The van der Waals surface area contributed by atoms with Crippen LogP contribution < -0.4 is 16.4 Å². The molecule has 2 atom stereocenters. The zero-order valence-corrected chi connectivity index (χ0v) is 15.0. The zero-order valence-electron chi connectivity index (χ0n) is 14.1. The van der Waals surface area contributed by atoms with Crippen LogP contribution in [0.25, 0.3) is 11.2 Å². The molecule has 0 aliphatic rings. The fraction of sp³-hybridized carbons (Fsp3) is 0.538. The standard InChI is InChI=1S/C13H20N5O8P/c14-13-16-11-10(12(22)17-13)15-7-18(11)4-8(19)5-25-2-1-3-26-27(23,24)6-9(20)21/h7-8,19H,1-6H2,(H,20,21)(H,23,24)(H3,14,16,17,22)/p-1/t8-/m0/s1. The first-order chi connectivity index (χ1) is 12.7. The highest BCUT2D eigenvalue weighted by Crippen LogP contribution is 2.40. The Morgan fingerprint density at radius 3 is 2.93 bits per heavy atom. The van der Waals surface area contributed by atoms with E-state index in [2.05, 4.69) is 19.5 Å². The van der Waals surface area contributed by atoms with Crippen LogP contribution in [-0.4, -0.2) is 67.6 Å². The maximum absolute atomic E-state index is 11.7. The van der Waals surface area contributed by atoms with Crippen LogP contribution in [0.2, 0.25) is 0 Å². The topological polar surface area (TPSA) is 206 Å². The first kappa shape index (κ1) is 21.0. The van der Waals surface area contributed by atoms with Crippen LogP contribution in [0.15, 0.2) is 11.1 Å². The van der Waals surface area contributed by atoms with Crippen LogP contribution >= 0.6 is 7.60 Å². The smallest absolute Gasteiger partial charge is 0.333 e. The van der Waals surface area contributed by atoms with Crippen molar-refractivity contribution in [2.24, 2.45) is 0 Å². The van der Waals surface area contributed by atoms with Gasteiger partial charge in [0, 0.05) is 6.61 Å². The Bertz CT molecular complexity index is 896. The van der Waals surface area contributed by atoms with Crippen LogP contribution in [0.1, 0.15) is 6.42 Å². The number of nitrogens with zero attached hydrogens (tertiary/aromatic N) is 3. The van der Waals surface area contributed by atoms with Gasteiger partial charge in [-0.2, -0.15) is 4.98 Å². The van der Waals surface area contributed by atoms with E-state index in [9.17, 15) is 29.3 Å². The Morgan fingerprint density at radius 1 is 1.48 bits per heavy atom. The molecular formula is C13H19N5O8P-. The summed E-state index contributed by atoms with van der Waals surface area (Å²) >= 11 is 0. The number of imidazole rings is 1. The first-order valence-corrected chi connectivity index (χ1v) is 9.57. The molecule has 0 spiro atoms. The van der Waals surface area contributed by atoms with Crippen LogP contribution in [0, 0.1) is 0 Å². The van der Waals surface area contributed by atoms with Crippen LogP contribution in [-0.2, 0) is 25.2 Å². The molecule has 0 aliphatic heterocycles. The summed E-state index contributed by atoms with van der Waals surface area (Å²) < 4.78 is 22.5. The first-order valence-electron chi connectivity index (χ1n) is 7.80. The number of ether oxygens (including phenoxy) is 1. The van der Waals surface area contributed by atoms with Gasteiger partial charge in [0.2, 0.25) is 5.95 Å². The fourth-order valence-corrected chi connectivity index (χ4v) is 3.01. The molecule has 0 fully saturated rings. The number of aliphatic carboxylic acids is 1. The average Bonchev–Trinajstić information content (AvgIpc) is 2.92. The number of fused-ring (bicyclic) bond motifs is 1. The normalized spacial score (nSPS) is 14.9. The number of hydrogen-bond donors (Lipinski definition) is 4. The maximum atomic E-state index is 11.7. The molecule has 27 heavy (non-hydrogen) atoms. The minimum Gasteiger partial charge on any atom is -0.549 e. The number of aromatic nitrogens is 4. The molecule has 0 aromatic carbocycles. The van der Waals surface area contributed by atoms with Gasteiger partial charge in [0.1, 0.15) is 0 Å². The summed E-state index contributed by atoms with van der Waals surface area (Å²) in [6.07, 6.45) is -0.453. The molecule has 0 saturated heterocycles. The zero-order chi connectivity index (χ0) is 20.0. The van der Waals surface area contributed by atoms with Crippen molar-refractivity contribution in [3.05, 3.63) is 16.7 Å². The third-order valence-electron chi connectivity index (χ3n) is 3.27. The SMILES string of the molecule is Nc1nc2c(ncn2C[C@H](O)COCCCOP(=O)(O)CC(=O)[O-])c(=O)[nH]1. The monoisotopic (exact) mass is 404 g/mol. The lowest BCUT2D eigenvalue weighted by Crippen LogP contribution is -2.26. The van der Waals surface area contributed by atoms with Crippen molar-refractivity contribution in [3.8, 4) is 0 Å². The van der Waals surface area contributed by atoms with E-state index in [1.807, 2.05) is 0 Å². The lowest BCUT2D eigenvalue weighted by atomic mass is 10.3. The van der Waals surface area contributed by atoms with Crippen molar-refractivity contribution >= 4 is 30.7 Å². The number of nitrogens with two attached hydrogens (primary N) is 1. The van der Waals surface area contributed by atoms with E-state index < -0.39 is 31.4 Å². The summed E-state index contributed by atoms with van der Waals surface area (Å²) in [4.78, 5) is 41.3. The number of aromatic amines is 1. The van der Waals surface area contributed by atoms with Gasteiger partial charge in [-0.25, -0.2) is 4.98 Å². The summed E-state index contributed by atoms with van der Waals surface area (Å²) in [6.45, 7) is -0.0816. The number of nitrogen functional groups attached to an aromatic ring is 1. The molecular weight excluding hydrogens is 385 g/mol. The lowest BCUT2D eigenvalue weighted by molar-refractivity contribution is -0.301. The second-order valence-electron chi connectivity index (χ2n) is 5.60. The van der Waals surface area contributed by atoms with Gasteiger partial charge < -0.3 is 39.5 Å². The summed E-state index contributed by atoms with van der Waals surface area (Å²) in [5.41, 5.74) is 5.33. The summed E-state index contributed by atoms with van der Waals surface area (Å²) in [5.74, 6) is -1.75. The van der Waals surface area contributed by atoms with E-state index >= 15 is 0 Å². The number of rotatable bonds is 11. The highest BCUT2D eigenvalue weighted by atomic mass is 31.2. The quantitative estimate of drug-likeness (QED) is 0.226. The van der Waals surface area contributed by atoms with Gasteiger partial charge in [0.25, 0.3) is 5.56 Å². The lowest BCUT2D eigenvalue weighted by Gasteiger charge is -2.14. The number of carbonyl (C=O) groups excluding carboxylic acids is 1. The van der Waals surface area contributed by atoms with E-state index in [1.54, 1.807) is 0 Å². The van der Waals surface area contributed by atoms with E-state index in [-0.39, 0.29) is 49.9 Å². The Balaban J connectivity index is 1.73. The highest BCUT2D eigenvalue weighted by molar-refractivity contribution is 7.53. The third kappa shape index (κ3) is 6.41. The number of nitrogens with one attached hydrogen (secondary N) is 1. The van der Waals surface area contributed by atoms with Crippen molar-refractivity contribution in [3.63, 3.8) is 0 Å². The number of anilines is 1. The largest absolute Gasteiger partial charge is 0.549 e. The van der Waals surface area contributed by atoms with Crippen LogP contribution in [0.5, 0.6) is 0 Å². The molecule has 13 nitrogen and oxygen atoms in total. The van der Waals surface area contributed by atoms with Crippen molar-refractivity contribution in [2.75, 3.05) is 31.7 Å². The second-order valence-corrected chi connectivity index (χ2v) is 7.45. The predicted octanol–water partition coefficient (Wildman–Crippen LogP) is -2.58. The number of carboxylic acids is 1. The third-order valence-corrected chi connectivity index (χ3v) is 4.51. The Kier molecular flexibility index (Phi) is 7.05. The Labute approximate surface area is 152 Å². The molecule has 0 amide bonds. The van der Waals surface area contributed by atoms with E-state index in [0.717, 1.165) is 0 Å². The molecule has 150 valence electrons. The van der Waals surface area contributed by atoms with Crippen molar-refractivity contribution in [1.82, 2.24) is 19.5 Å². The van der Waals surface area contributed by atoms with Gasteiger partial charge >= 0.3 is 7.60 Å². The molecule has 2 rings (SSSR count). The number of H-pyrrole nitrogens is 1. The average molecular weight is 404 g/mol. The van der Waals surface area contributed by atoms with E-state index in [1.165, 1.54) is 10.9 Å². The molecule has 0 saturated carbocycles. The molecule has 2 aromatic rings. The van der Waals surface area contributed by atoms with Gasteiger partial charge in [-0.1, -0.05) is 0 Å². The molecule has 1 unspecified atom stereocenters. The summed E-state index contributed by atoms with van der Waals surface area (Å²) in [7, 11) is -4.21. The van der Waals surface area contributed by atoms with Gasteiger partial charge in [0.05, 0.1) is 44.3 Å². The fourth-order valence-electron chi connectivity index (χ4n) is 2.18. The molecule has 2 heterocycles. The summed E-state index contributed by atoms with van der Waals surface area (Å²) in [5, 5.41) is 20.3. The van der Waals surface area contributed by atoms with Gasteiger partial charge in [0.15, 0.2) is 11.2 Å². The molecule has 2 aromatic heterocycles. The van der Waals surface area contributed by atoms with E-state index in [4.69, 9.17) is 10.5 Å².